The number of non-ortho nitro benzene ring substituents is 1. The van der Waals surface area contributed by atoms with Gasteiger partial charge in [0.25, 0.3) is 5.69 Å². The molecule has 9 heteroatoms. The second kappa shape index (κ2) is 11.5. The first kappa shape index (κ1) is 21.9. The molecular weight excluding hydrogens is 451 g/mol. The summed E-state index contributed by atoms with van der Waals surface area (Å²) in [6, 6.07) is 10.1. The second-order valence-electron chi connectivity index (χ2n) is 5.42. The summed E-state index contributed by atoms with van der Waals surface area (Å²) in [7, 11) is 3.55. The van der Waals surface area contributed by atoms with Crippen molar-refractivity contribution in [3.8, 4) is 0 Å². The summed E-state index contributed by atoms with van der Waals surface area (Å²) in [5, 5.41) is 13.9. The third-order valence-electron chi connectivity index (χ3n) is 3.48. The second-order valence-corrected chi connectivity index (χ2v) is 5.42. The van der Waals surface area contributed by atoms with Crippen LogP contribution >= 0.6 is 24.0 Å². The number of aliphatic imine (C=N–C) groups is 1. The van der Waals surface area contributed by atoms with Gasteiger partial charge in [-0.05, 0) is 17.7 Å². The lowest BCUT2D eigenvalue weighted by Gasteiger charge is -2.21. The zero-order chi connectivity index (χ0) is 18.1. The number of nitrogens with one attached hydrogen (secondary N) is 1. The van der Waals surface area contributed by atoms with Gasteiger partial charge in [0.2, 0.25) is 0 Å². The number of hydrogen-bond acceptors (Lipinski definition) is 5. The summed E-state index contributed by atoms with van der Waals surface area (Å²) in [4.78, 5) is 16.8. The van der Waals surface area contributed by atoms with E-state index in [1.165, 1.54) is 12.1 Å². The molecule has 26 heavy (non-hydrogen) atoms. The average molecular weight is 474 g/mol. The topological polar surface area (TPSA) is 93.1 Å². The molecular formula is C17H23IN4O4. The molecule has 0 atom stereocenters. The molecule has 0 unspecified atom stereocenters. The van der Waals surface area contributed by atoms with Crippen LogP contribution in [0.3, 0.4) is 0 Å². The van der Waals surface area contributed by atoms with Gasteiger partial charge in [-0.3, -0.25) is 10.1 Å². The van der Waals surface area contributed by atoms with Crippen LogP contribution in [0.25, 0.3) is 0 Å². The molecule has 0 saturated heterocycles. The Morgan fingerprint density at radius 1 is 1.35 bits per heavy atom. The Labute approximate surface area is 169 Å². The predicted molar refractivity (Wildman–Crippen MR) is 110 cm³/mol. The van der Waals surface area contributed by atoms with Gasteiger partial charge in [0, 0.05) is 32.8 Å². The number of nitro groups is 1. The minimum absolute atomic E-state index is 0. The Morgan fingerprint density at radius 3 is 2.65 bits per heavy atom. The number of nitrogens with zero attached hydrogens (tertiary/aromatic N) is 3. The maximum atomic E-state index is 10.7. The number of furan rings is 1. The zero-order valence-electron chi connectivity index (χ0n) is 14.8. The molecule has 0 radical (unpaired) electrons. The monoisotopic (exact) mass is 474 g/mol. The first-order chi connectivity index (χ1) is 12.1. The Bertz CT molecular complexity index is 689. The van der Waals surface area contributed by atoms with E-state index in [-0.39, 0.29) is 29.7 Å². The van der Waals surface area contributed by atoms with E-state index in [0.29, 0.717) is 32.2 Å². The van der Waals surface area contributed by atoms with E-state index in [0.717, 1.165) is 11.3 Å². The van der Waals surface area contributed by atoms with E-state index in [1.54, 1.807) is 25.5 Å². The van der Waals surface area contributed by atoms with Crippen molar-refractivity contribution in [1.82, 2.24) is 10.2 Å². The summed E-state index contributed by atoms with van der Waals surface area (Å²) >= 11 is 0. The lowest BCUT2D eigenvalue weighted by Crippen LogP contribution is -2.40. The minimum atomic E-state index is -0.415. The van der Waals surface area contributed by atoms with Crippen LogP contribution in [0.1, 0.15) is 11.3 Å². The van der Waals surface area contributed by atoms with Crippen molar-refractivity contribution < 1.29 is 14.1 Å². The number of halogens is 1. The van der Waals surface area contributed by atoms with Crippen molar-refractivity contribution in [2.45, 2.75) is 13.1 Å². The first-order valence-electron chi connectivity index (χ1n) is 7.84. The first-order valence-corrected chi connectivity index (χ1v) is 7.84. The van der Waals surface area contributed by atoms with Crippen LogP contribution in [0.2, 0.25) is 0 Å². The van der Waals surface area contributed by atoms with Crippen LogP contribution in [-0.4, -0.2) is 43.1 Å². The highest BCUT2D eigenvalue weighted by Crippen LogP contribution is 2.13. The number of nitro benzene ring substituents is 1. The largest absolute Gasteiger partial charge is 0.467 e. The summed E-state index contributed by atoms with van der Waals surface area (Å²) in [5.74, 6) is 1.53. The highest BCUT2D eigenvalue weighted by molar-refractivity contribution is 14.0. The van der Waals surface area contributed by atoms with Crippen LogP contribution in [0.15, 0.2) is 52.1 Å². The molecule has 1 heterocycles. The molecule has 0 bridgehead atoms. The van der Waals surface area contributed by atoms with Gasteiger partial charge in [0.15, 0.2) is 5.96 Å². The van der Waals surface area contributed by atoms with Crippen molar-refractivity contribution in [2.24, 2.45) is 4.99 Å². The Hall–Kier alpha value is -2.14. The van der Waals surface area contributed by atoms with E-state index in [2.05, 4.69) is 10.3 Å². The van der Waals surface area contributed by atoms with Crippen LogP contribution < -0.4 is 5.32 Å². The molecule has 0 aliphatic rings. The molecule has 2 rings (SSSR count). The molecule has 1 N–H and O–H groups in total. The Balaban J connectivity index is 0.00000338. The smallest absolute Gasteiger partial charge is 0.269 e. The van der Waals surface area contributed by atoms with Crippen molar-refractivity contribution in [1.29, 1.82) is 0 Å². The third kappa shape index (κ3) is 7.00. The number of ether oxygens (including phenoxy) is 1. The number of hydrogen-bond donors (Lipinski definition) is 1. The SMILES string of the molecule is COCCNC(=NCc1ccc([N+](=O)[O-])cc1)N(C)Cc1ccco1.I. The number of benzene rings is 1. The molecule has 0 saturated carbocycles. The molecule has 0 fully saturated rings. The Kier molecular flexibility index (Phi) is 9.66. The zero-order valence-corrected chi connectivity index (χ0v) is 17.1. The van der Waals surface area contributed by atoms with Crippen molar-refractivity contribution in [3.63, 3.8) is 0 Å². The van der Waals surface area contributed by atoms with Gasteiger partial charge in [-0.2, -0.15) is 0 Å². The number of guanidine groups is 1. The van der Waals surface area contributed by atoms with Gasteiger partial charge in [-0.25, -0.2) is 4.99 Å². The van der Waals surface area contributed by atoms with Crippen molar-refractivity contribution >= 4 is 35.6 Å². The fourth-order valence-corrected chi connectivity index (χ4v) is 2.18. The van der Waals surface area contributed by atoms with Crippen molar-refractivity contribution in [3.05, 3.63) is 64.1 Å². The van der Waals surface area contributed by atoms with Gasteiger partial charge < -0.3 is 19.4 Å². The highest BCUT2D eigenvalue weighted by atomic mass is 127. The molecule has 142 valence electrons. The van der Waals surface area contributed by atoms with Crippen LogP contribution in [0.4, 0.5) is 5.69 Å². The Morgan fingerprint density at radius 2 is 2.08 bits per heavy atom. The summed E-state index contributed by atoms with van der Waals surface area (Å²) in [6.45, 7) is 2.17. The number of methoxy groups -OCH3 is 1. The lowest BCUT2D eigenvalue weighted by molar-refractivity contribution is -0.384. The standard InChI is InChI=1S/C17H22N4O4.HI/c1-20(13-16-4-3-10-25-16)17(18-9-11-24-2)19-12-14-5-7-15(8-6-14)21(22)23;/h3-8,10H,9,11-13H2,1-2H3,(H,18,19);1H. The summed E-state index contributed by atoms with van der Waals surface area (Å²) < 4.78 is 10.4. The lowest BCUT2D eigenvalue weighted by atomic mass is 10.2. The maximum absolute atomic E-state index is 10.7. The van der Waals surface area contributed by atoms with Crippen LogP contribution in [-0.2, 0) is 17.8 Å². The number of rotatable bonds is 8. The molecule has 0 aliphatic carbocycles. The highest BCUT2D eigenvalue weighted by Gasteiger charge is 2.09. The fourth-order valence-electron chi connectivity index (χ4n) is 2.18. The molecule has 0 spiro atoms. The maximum Gasteiger partial charge on any atom is 0.269 e. The van der Waals surface area contributed by atoms with Crippen LogP contribution in [0, 0.1) is 10.1 Å². The minimum Gasteiger partial charge on any atom is -0.467 e. The van der Waals surface area contributed by atoms with E-state index in [9.17, 15) is 10.1 Å². The molecule has 1 aromatic heterocycles. The third-order valence-corrected chi connectivity index (χ3v) is 3.48. The molecule has 0 aliphatic heterocycles. The molecule has 0 amide bonds. The molecule has 8 nitrogen and oxygen atoms in total. The molecule has 1 aromatic carbocycles. The summed E-state index contributed by atoms with van der Waals surface area (Å²) in [6.07, 6.45) is 1.63. The van der Waals surface area contributed by atoms with E-state index in [4.69, 9.17) is 9.15 Å². The van der Waals surface area contributed by atoms with Gasteiger partial charge in [-0.15, -0.1) is 24.0 Å². The average Bonchev–Trinajstić information content (AvgIpc) is 3.11. The van der Waals surface area contributed by atoms with Gasteiger partial charge in [0.1, 0.15) is 5.76 Å². The van der Waals surface area contributed by atoms with Gasteiger partial charge in [0.05, 0.1) is 30.9 Å². The van der Waals surface area contributed by atoms with E-state index < -0.39 is 4.92 Å². The molecule has 2 aromatic rings. The van der Waals surface area contributed by atoms with Gasteiger partial charge in [-0.1, -0.05) is 12.1 Å². The van der Waals surface area contributed by atoms with Gasteiger partial charge >= 0.3 is 0 Å². The van der Waals surface area contributed by atoms with Crippen LogP contribution in [0.5, 0.6) is 0 Å². The van der Waals surface area contributed by atoms with Crippen molar-refractivity contribution in [2.75, 3.05) is 27.3 Å². The van der Waals surface area contributed by atoms with E-state index >= 15 is 0 Å². The predicted octanol–water partition coefficient (Wildman–Crippen LogP) is 3.03. The normalized spacial score (nSPS) is 10.9. The fraction of sp³-hybridized carbons (Fsp3) is 0.353. The quantitative estimate of drug-likeness (QED) is 0.158. The summed E-state index contributed by atoms with van der Waals surface area (Å²) in [5.41, 5.74) is 0.962. The van der Waals surface area contributed by atoms with E-state index in [1.807, 2.05) is 24.1 Å².